The average molecular weight is 299 g/mol. The third kappa shape index (κ3) is 3.08. The molecule has 0 aliphatic heterocycles. The zero-order valence-corrected chi connectivity index (χ0v) is 11.8. The average Bonchev–Trinajstić information content (AvgIpc) is 2.34. The number of hydrogen-bond donors (Lipinski definition) is 1. The molecular weight excluding hydrogens is 286 g/mol. The van der Waals surface area contributed by atoms with Gasteiger partial charge < -0.3 is 5.11 Å². The maximum atomic E-state index is 13.8. The molecule has 0 aliphatic rings. The molecule has 2 aromatic carbocycles. The van der Waals surface area contributed by atoms with E-state index in [1.54, 1.807) is 43.3 Å². The van der Waals surface area contributed by atoms with E-state index >= 15 is 0 Å². The van der Waals surface area contributed by atoms with E-state index in [2.05, 4.69) is 0 Å². The van der Waals surface area contributed by atoms with Gasteiger partial charge in [0.2, 0.25) is 0 Å². The Kier molecular flexibility index (Phi) is 4.14. The summed E-state index contributed by atoms with van der Waals surface area (Å²) < 4.78 is 13.8. The van der Waals surface area contributed by atoms with Crippen LogP contribution >= 0.6 is 23.2 Å². The molecule has 1 nitrogen and oxygen atoms in total. The molecule has 19 heavy (non-hydrogen) atoms. The van der Waals surface area contributed by atoms with Crippen LogP contribution in [0.4, 0.5) is 4.39 Å². The van der Waals surface area contributed by atoms with Crippen molar-refractivity contribution in [1.82, 2.24) is 0 Å². The monoisotopic (exact) mass is 298 g/mol. The minimum Gasteiger partial charge on any atom is -0.385 e. The third-order valence-corrected chi connectivity index (χ3v) is 3.75. The van der Waals surface area contributed by atoms with Crippen LogP contribution in [0.15, 0.2) is 42.5 Å². The minimum absolute atomic E-state index is 0.145. The number of halogens is 3. The Labute approximate surface area is 121 Å². The van der Waals surface area contributed by atoms with Crippen LogP contribution in [0.2, 0.25) is 10.0 Å². The molecule has 0 aromatic heterocycles. The summed E-state index contributed by atoms with van der Waals surface area (Å²) in [4.78, 5) is 0. The topological polar surface area (TPSA) is 20.2 Å². The first-order valence-corrected chi connectivity index (χ1v) is 6.57. The Morgan fingerprint density at radius 1 is 1.05 bits per heavy atom. The molecule has 0 amide bonds. The van der Waals surface area contributed by atoms with Gasteiger partial charge in [-0.05, 0) is 30.7 Å². The van der Waals surface area contributed by atoms with Gasteiger partial charge in [-0.25, -0.2) is 4.39 Å². The largest absolute Gasteiger partial charge is 0.385 e. The van der Waals surface area contributed by atoms with Gasteiger partial charge in [-0.15, -0.1) is 0 Å². The summed E-state index contributed by atoms with van der Waals surface area (Å²) in [5.41, 5.74) is -0.537. The SMILES string of the molecule is CC(O)(Cc1c(Cl)cccc1Cl)c1ccccc1F. The van der Waals surface area contributed by atoms with Gasteiger partial charge in [-0.1, -0.05) is 47.5 Å². The minimum atomic E-state index is -1.38. The van der Waals surface area contributed by atoms with Crippen molar-refractivity contribution in [3.05, 3.63) is 69.5 Å². The van der Waals surface area contributed by atoms with Crippen LogP contribution in [0.5, 0.6) is 0 Å². The summed E-state index contributed by atoms with van der Waals surface area (Å²) in [7, 11) is 0. The zero-order chi connectivity index (χ0) is 14.0. The molecule has 0 fully saturated rings. The van der Waals surface area contributed by atoms with Gasteiger partial charge in [-0.2, -0.15) is 0 Å². The predicted octanol–water partition coefficient (Wildman–Crippen LogP) is 4.58. The van der Waals surface area contributed by atoms with Crippen molar-refractivity contribution in [3.63, 3.8) is 0 Å². The fraction of sp³-hybridized carbons (Fsp3) is 0.200. The van der Waals surface area contributed by atoms with Crippen molar-refractivity contribution in [2.75, 3.05) is 0 Å². The lowest BCUT2D eigenvalue weighted by atomic mass is 9.88. The first-order chi connectivity index (χ1) is 8.92. The number of rotatable bonds is 3. The Morgan fingerprint density at radius 2 is 1.63 bits per heavy atom. The molecule has 1 atom stereocenters. The lowest BCUT2D eigenvalue weighted by molar-refractivity contribution is 0.0538. The normalized spacial score (nSPS) is 14.2. The molecule has 0 saturated heterocycles. The molecule has 0 saturated carbocycles. The molecule has 0 spiro atoms. The summed E-state index contributed by atoms with van der Waals surface area (Å²) in [5, 5.41) is 11.4. The van der Waals surface area contributed by atoms with Gasteiger partial charge in [0.1, 0.15) is 5.82 Å². The van der Waals surface area contributed by atoms with Crippen molar-refractivity contribution in [3.8, 4) is 0 Å². The van der Waals surface area contributed by atoms with Crippen molar-refractivity contribution in [2.24, 2.45) is 0 Å². The molecule has 4 heteroatoms. The molecule has 0 heterocycles. The second kappa shape index (κ2) is 5.49. The maximum Gasteiger partial charge on any atom is 0.129 e. The van der Waals surface area contributed by atoms with E-state index in [9.17, 15) is 9.50 Å². The van der Waals surface area contributed by atoms with Crippen LogP contribution in [0, 0.1) is 5.82 Å². The third-order valence-electron chi connectivity index (χ3n) is 3.04. The standard InChI is InChI=1S/C15H13Cl2FO/c1-15(19,11-5-2-3-8-14(11)18)9-10-12(16)6-4-7-13(10)17/h2-8,19H,9H2,1H3. The summed E-state index contributed by atoms with van der Waals surface area (Å²) in [6.07, 6.45) is 0.145. The molecule has 1 unspecified atom stereocenters. The van der Waals surface area contributed by atoms with E-state index < -0.39 is 11.4 Å². The highest BCUT2D eigenvalue weighted by molar-refractivity contribution is 6.36. The highest BCUT2D eigenvalue weighted by Gasteiger charge is 2.28. The molecule has 2 aromatic rings. The fourth-order valence-corrected chi connectivity index (χ4v) is 2.57. The van der Waals surface area contributed by atoms with Crippen LogP contribution in [-0.2, 0) is 12.0 Å². The van der Waals surface area contributed by atoms with Crippen LogP contribution in [0.1, 0.15) is 18.1 Å². The van der Waals surface area contributed by atoms with Gasteiger partial charge in [0, 0.05) is 22.0 Å². The Bertz CT molecular complexity index is 576. The van der Waals surface area contributed by atoms with Crippen LogP contribution in [0.25, 0.3) is 0 Å². The van der Waals surface area contributed by atoms with E-state index in [0.29, 0.717) is 15.6 Å². The number of aliphatic hydroxyl groups is 1. The van der Waals surface area contributed by atoms with Gasteiger partial charge in [0.25, 0.3) is 0 Å². The number of benzene rings is 2. The zero-order valence-electron chi connectivity index (χ0n) is 10.3. The smallest absolute Gasteiger partial charge is 0.129 e. The van der Waals surface area contributed by atoms with Crippen molar-refractivity contribution in [2.45, 2.75) is 18.9 Å². The molecule has 1 N–H and O–H groups in total. The molecule has 2 rings (SSSR count). The summed E-state index contributed by atoms with van der Waals surface area (Å²) >= 11 is 12.1. The van der Waals surface area contributed by atoms with E-state index in [1.807, 2.05) is 0 Å². The highest BCUT2D eigenvalue weighted by Crippen LogP contribution is 2.33. The maximum absolute atomic E-state index is 13.8. The molecule has 100 valence electrons. The molecule has 0 radical (unpaired) electrons. The van der Waals surface area contributed by atoms with Crippen molar-refractivity contribution >= 4 is 23.2 Å². The van der Waals surface area contributed by atoms with Gasteiger partial charge >= 0.3 is 0 Å². The van der Waals surface area contributed by atoms with Crippen LogP contribution in [-0.4, -0.2) is 5.11 Å². The van der Waals surface area contributed by atoms with Crippen LogP contribution < -0.4 is 0 Å². The van der Waals surface area contributed by atoms with E-state index in [0.717, 1.165) is 0 Å². The molecule has 0 bridgehead atoms. The van der Waals surface area contributed by atoms with Gasteiger partial charge in [-0.3, -0.25) is 0 Å². The Morgan fingerprint density at radius 3 is 2.21 bits per heavy atom. The van der Waals surface area contributed by atoms with Gasteiger partial charge in [0.05, 0.1) is 5.60 Å². The van der Waals surface area contributed by atoms with Crippen LogP contribution in [0.3, 0.4) is 0 Å². The highest BCUT2D eigenvalue weighted by atomic mass is 35.5. The Hall–Kier alpha value is -1.09. The fourth-order valence-electron chi connectivity index (χ4n) is 2.04. The quantitative estimate of drug-likeness (QED) is 0.879. The predicted molar refractivity (Wildman–Crippen MR) is 76.1 cm³/mol. The number of hydrogen-bond acceptors (Lipinski definition) is 1. The first-order valence-electron chi connectivity index (χ1n) is 5.82. The van der Waals surface area contributed by atoms with E-state index in [1.165, 1.54) is 6.07 Å². The van der Waals surface area contributed by atoms with E-state index in [-0.39, 0.29) is 12.0 Å². The summed E-state index contributed by atoms with van der Waals surface area (Å²) in [6.45, 7) is 1.55. The summed E-state index contributed by atoms with van der Waals surface area (Å²) in [6, 6.07) is 11.3. The molecular formula is C15H13Cl2FO. The van der Waals surface area contributed by atoms with Gasteiger partial charge in [0.15, 0.2) is 0 Å². The molecule has 0 aliphatic carbocycles. The summed E-state index contributed by atoms with van der Waals surface area (Å²) in [5.74, 6) is -0.448. The van der Waals surface area contributed by atoms with Crippen molar-refractivity contribution < 1.29 is 9.50 Å². The lowest BCUT2D eigenvalue weighted by Gasteiger charge is -2.25. The second-order valence-corrected chi connectivity index (χ2v) is 5.45. The van der Waals surface area contributed by atoms with Crippen molar-refractivity contribution in [1.29, 1.82) is 0 Å². The second-order valence-electron chi connectivity index (χ2n) is 4.63. The lowest BCUT2D eigenvalue weighted by Crippen LogP contribution is -2.26. The van der Waals surface area contributed by atoms with E-state index in [4.69, 9.17) is 23.2 Å². The first kappa shape index (κ1) is 14.3. The Balaban J connectivity index is 2.39.